The summed E-state index contributed by atoms with van der Waals surface area (Å²) in [6.45, 7) is 2.65. The van der Waals surface area contributed by atoms with Crippen LogP contribution in [-0.4, -0.2) is 31.8 Å². The number of hydrazone groups is 1. The smallest absolute Gasteiger partial charge is 0.343 e. The number of hydrogen-bond donors (Lipinski definition) is 1. The average Bonchev–Trinajstić information content (AvgIpc) is 2.84. The van der Waals surface area contributed by atoms with Crippen molar-refractivity contribution in [1.82, 2.24) is 5.43 Å². The molecule has 1 amide bonds. The minimum atomic E-state index is -0.537. The second-order valence-corrected chi connectivity index (χ2v) is 7.32. The third-order valence-electron chi connectivity index (χ3n) is 4.44. The maximum absolute atomic E-state index is 12.3. The first-order chi connectivity index (χ1) is 16.0. The Bertz CT molecular complexity index is 1130. The van der Waals surface area contributed by atoms with Crippen LogP contribution in [0.15, 0.2) is 71.8 Å². The first-order valence-corrected chi connectivity index (χ1v) is 10.6. The highest BCUT2D eigenvalue weighted by Gasteiger charge is 2.13. The van der Waals surface area contributed by atoms with Crippen molar-refractivity contribution in [2.45, 2.75) is 13.3 Å². The molecule has 3 aromatic carbocycles. The van der Waals surface area contributed by atoms with Gasteiger partial charge in [0.05, 0.1) is 25.5 Å². The maximum Gasteiger partial charge on any atom is 0.343 e. The minimum absolute atomic E-state index is 0.254. The monoisotopic (exact) mass is 466 g/mol. The van der Waals surface area contributed by atoms with E-state index >= 15 is 0 Å². The van der Waals surface area contributed by atoms with Crippen LogP contribution in [0, 0.1) is 0 Å². The molecule has 3 rings (SSSR count). The molecule has 8 heteroatoms. The van der Waals surface area contributed by atoms with E-state index in [1.165, 1.54) is 13.3 Å². The molecule has 0 aliphatic rings. The molecule has 1 N–H and O–H groups in total. The van der Waals surface area contributed by atoms with Gasteiger partial charge in [0.2, 0.25) is 0 Å². The zero-order valence-corrected chi connectivity index (χ0v) is 19.0. The van der Waals surface area contributed by atoms with Crippen LogP contribution in [0.2, 0.25) is 5.02 Å². The number of rotatable bonds is 9. The van der Waals surface area contributed by atoms with Crippen LogP contribution < -0.4 is 19.6 Å². The Labute approximate surface area is 196 Å². The van der Waals surface area contributed by atoms with Gasteiger partial charge < -0.3 is 14.2 Å². The molecule has 7 nitrogen and oxygen atoms in total. The van der Waals surface area contributed by atoms with E-state index < -0.39 is 5.97 Å². The Morgan fingerprint density at radius 1 is 0.970 bits per heavy atom. The molecule has 0 spiro atoms. The summed E-state index contributed by atoms with van der Waals surface area (Å²) in [4.78, 5) is 24.6. The van der Waals surface area contributed by atoms with Gasteiger partial charge in [-0.1, -0.05) is 18.5 Å². The summed E-state index contributed by atoms with van der Waals surface area (Å²) in [5, 5.41) is 4.51. The molecule has 0 aromatic heterocycles. The van der Waals surface area contributed by atoms with E-state index in [1.54, 1.807) is 66.7 Å². The minimum Gasteiger partial charge on any atom is -0.494 e. The van der Waals surface area contributed by atoms with Crippen molar-refractivity contribution < 1.29 is 23.8 Å². The van der Waals surface area contributed by atoms with Crippen molar-refractivity contribution >= 4 is 29.7 Å². The van der Waals surface area contributed by atoms with E-state index in [2.05, 4.69) is 10.5 Å². The van der Waals surface area contributed by atoms with Crippen LogP contribution in [0.5, 0.6) is 17.2 Å². The van der Waals surface area contributed by atoms with Crippen LogP contribution in [0.25, 0.3) is 0 Å². The lowest BCUT2D eigenvalue weighted by Gasteiger charge is -2.10. The van der Waals surface area contributed by atoms with Gasteiger partial charge in [-0.2, -0.15) is 5.10 Å². The molecule has 0 unspecified atom stereocenters. The predicted molar refractivity (Wildman–Crippen MR) is 127 cm³/mol. The quantitative estimate of drug-likeness (QED) is 0.205. The largest absolute Gasteiger partial charge is 0.494 e. The lowest BCUT2D eigenvalue weighted by molar-refractivity contribution is 0.0729. The number of halogens is 1. The Hall–Kier alpha value is -3.84. The fraction of sp³-hybridized carbons (Fsp3) is 0.160. The van der Waals surface area contributed by atoms with Crippen molar-refractivity contribution in [3.05, 3.63) is 88.4 Å². The number of esters is 1. The van der Waals surface area contributed by atoms with E-state index in [9.17, 15) is 9.59 Å². The normalized spacial score (nSPS) is 10.6. The first kappa shape index (κ1) is 23.8. The van der Waals surface area contributed by atoms with E-state index in [1.807, 2.05) is 6.92 Å². The Balaban J connectivity index is 1.61. The predicted octanol–water partition coefficient (Wildman–Crippen LogP) is 5.12. The average molecular weight is 467 g/mol. The molecule has 0 aliphatic carbocycles. The molecule has 0 heterocycles. The summed E-state index contributed by atoms with van der Waals surface area (Å²) in [5.74, 6) is 0.415. The van der Waals surface area contributed by atoms with Gasteiger partial charge in [0.25, 0.3) is 5.91 Å². The van der Waals surface area contributed by atoms with Gasteiger partial charge in [-0.15, -0.1) is 0 Å². The summed E-state index contributed by atoms with van der Waals surface area (Å²) in [6.07, 6.45) is 2.37. The Kier molecular flexibility index (Phi) is 8.43. The molecule has 0 saturated heterocycles. The Morgan fingerprint density at radius 3 is 2.33 bits per heavy atom. The zero-order valence-electron chi connectivity index (χ0n) is 18.2. The van der Waals surface area contributed by atoms with Gasteiger partial charge in [0.1, 0.15) is 5.75 Å². The van der Waals surface area contributed by atoms with Crippen molar-refractivity contribution in [2.24, 2.45) is 5.10 Å². The molecule has 0 aliphatic heterocycles. The van der Waals surface area contributed by atoms with E-state index in [0.717, 1.165) is 6.42 Å². The van der Waals surface area contributed by atoms with E-state index in [4.69, 9.17) is 25.8 Å². The number of methoxy groups -OCH3 is 1. The van der Waals surface area contributed by atoms with E-state index in [-0.39, 0.29) is 11.7 Å². The van der Waals surface area contributed by atoms with Crippen molar-refractivity contribution in [3.63, 3.8) is 0 Å². The fourth-order valence-corrected chi connectivity index (χ4v) is 2.87. The van der Waals surface area contributed by atoms with Gasteiger partial charge in [-0.05, 0) is 78.7 Å². The molecular formula is C25H23ClN2O5. The van der Waals surface area contributed by atoms with Gasteiger partial charge in [-0.3, -0.25) is 4.79 Å². The second kappa shape index (κ2) is 11.7. The highest BCUT2D eigenvalue weighted by Crippen LogP contribution is 2.28. The van der Waals surface area contributed by atoms with E-state index in [0.29, 0.717) is 39.8 Å². The molecular weight excluding hydrogens is 444 g/mol. The van der Waals surface area contributed by atoms with Crippen molar-refractivity contribution in [3.8, 4) is 17.2 Å². The molecule has 0 radical (unpaired) electrons. The number of ether oxygens (including phenoxy) is 3. The topological polar surface area (TPSA) is 86.2 Å². The number of carbonyl (C=O) groups is 2. The third-order valence-corrected chi connectivity index (χ3v) is 4.69. The van der Waals surface area contributed by atoms with Gasteiger partial charge >= 0.3 is 5.97 Å². The van der Waals surface area contributed by atoms with Crippen LogP contribution >= 0.6 is 11.6 Å². The molecule has 0 fully saturated rings. The number of nitrogens with one attached hydrogen (secondary N) is 1. The summed E-state index contributed by atoms with van der Waals surface area (Å²) in [5.41, 5.74) is 3.93. The third kappa shape index (κ3) is 6.82. The van der Waals surface area contributed by atoms with Gasteiger partial charge in [-0.25, -0.2) is 10.2 Å². The highest BCUT2D eigenvalue weighted by atomic mass is 35.5. The van der Waals surface area contributed by atoms with Crippen LogP contribution in [-0.2, 0) is 0 Å². The first-order valence-electron chi connectivity index (χ1n) is 10.2. The number of nitrogens with zero attached hydrogens (tertiary/aromatic N) is 1. The lowest BCUT2D eigenvalue weighted by atomic mass is 10.2. The second-order valence-electron chi connectivity index (χ2n) is 6.88. The van der Waals surface area contributed by atoms with Crippen LogP contribution in [0.3, 0.4) is 0 Å². The number of hydrogen-bond acceptors (Lipinski definition) is 6. The molecule has 0 atom stereocenters. The zero-order chi connectivity index (χ0) is 23.6. The van der Waals surface area contributed by atoms with Crippen molar-refractivity contribution in [2.75, 3.05) is 13.7 Å². The molecule has 170 valence electrons. The van der Waals surface area contributed by atoms with Crippen LogP contribution in [0.4, 0.5) is 0 Å². The molecule has 0 bridgehead atoms. The lowest BCUT2D eigenvalue weighted by Crippen LogP contribution is -2.17. The number of amides is 1. The summed E-state index contributed by atoms with van der Waals surface area (Å²) < 4.78 is 16.2. The number of benzene rings is 3. The fourth-order valence-electron chi connectivity index (χ4n) is 2.75. The SMILES string of the molecule is CCCOc1ccc(C(=O)N/N=C/c2ccc(OC(=O)c3ccc(Cl)cc3)c(OC)c2)cc1. The standard InChI is InChI=1S/C25H23ClN2O5/c1-3-14-32-21-11-7-18(8-12-21)24(29)28-27-16-17-4-13-22(23(15-17)31-2)33-25(30)19-5-9-20(26)10-6-19/h4-13,15-16H,3,14H2,1-2H3,(H,28,29)/b27-16+. The molecule has 0 saturated carbocycles. The summed E-state index contributed by atoms with van der Waals surface area (Å²) in [7, 11) is 1.46. The van der Waals surface area contributed by atoms with Crippen molar-refractivity contribution in [1.29, 1.82) is 0 Å². The Morgan fingerprint density at radius 2 is 1.67 bits per heavy atom. The molecule has 3 aromatic rings. The highest BCUT2D eigenvalue weighted by molar-refractivity contribution is 6.30. The van der Waals surface area contributed by atoms with Gasteiger partial charge in [0, 0.05) is 10.6 Å². The summed E-state index contributed by atoms with van der Waals surface area (Å²) in [6, 6.07) is 18.1. The summed E-state index contributed by atoms with van der Waals surface area (Å²) >= 11 is 5.84. The van der Waals surface area contributed by atoms with Gasteiger partial charge in [0.15, 0.2) is 11.5 Å². The molecule has 33 heavy (non-hydrogen) atoms. The maximum atomic E-state index is 12.3. The number of carbonyl (C=O) groups excluding carboxylic acids is 2. The van der Waals surface area contributed by atoms with Crippen LogP contribution in [0.1, 0.15) is 39.6 Å².